The van der Waals surface area contributed by atoms with Gasteiger partial charge in [-0.05, 0) is 69.0 Å². The topological polar surface area (TPSA) is 92.4 Å². The van der Waals surface area contributed by atoms with Gasteiger partial charge in [0.2, 0.25) is 10.0 Å². The van der Waals surface area contributed by atoms with Crippen molar-refractivity contribution in [2.45, 2.75) is 50.5 Å². The van der Waals surface area contributed by atoms with E-state index in [1.165, 1.54) is 0 Å². The van der Waals surface area contributed by atoms with Gasteiger partial charge >= 0.3 is 5.97 Å². The fraction of sp³-hybridized carbons (Fsp3) is 0.391. The van der Waals surface area contributed by atoms with Crippen LogP contribution in [-0.4, -0.2) is 47.4 Å². The third kappa shape index (κ3) is 4.65. The van der Waals surface area contributed by atoms with E-state index in [-0.39, 0.29) is 12.4 Å². The number of pyridine rings is 1. The summed E-state index contributed by atoms with van der Waals surface area (Å²) in [7, 11) is -3.44. The van der Waals surface area contributed by atoms with Gasteiger partial charge < -0.3 is 9.72 Å². The molecule has 2 aromatic heterocycles. The maximum atomic E-state index is 12.8. The van der Waals surface area contributed by atoms with Gasteiger partial charge in [-0.3, -0.25) is 4.79 Å². The fourth-order valence-electron chi connectivity index (χ4n) is 3.85. The van der Waals surface area contributed by atoms with Gasteiger partial charge in [0.25, 0.3) is 0 Å². The summed E-state index contributed by atoms with van der Waals surface area (Å²) in [5, 5.41) is 0.871. The van der Waals surface area contributed by atoms with Crippen molar-refractivity contribution in [2.75, 3.05) is 13.1 Å². The molecule has 31 heavy (non-hydrogen) atoms. The molecule has 164 valence electrons. The lowest BCUT2D eigenvalue weighted by Gasteiger charge is -2.19. The molecule has 3 aromatic rings. The predicted octanol–water partition coefficient (Wildman–Crippen LogP) is 3.90. The first-order chi connectivity index (χ1) is 14.6. The molecule has 7 nitrogen and oxygen atoms in total. The van der Waals surface area contributed by atoms with Crippen LogP contribution >= 0.6 is 0 Å². The summed E-state index contributed by atoms with van der Waals surface area (Å²) >= 11 is 0. The average Bonchev–Trinajstić information content (AvgIpc) is 3.36. The third-order valence-corrected chi connectivity index (χ3v) is 7.12. The first kappa shape index (κ1) is 21.5. The second-order valence-corrected chi connectivity index (χ2v) is 10.8. The molecule has 1 aliphatic heterocycles. The Morgan fingerprint density at radius 3 is 2.45 bits per heavy atom. The largest absolute Gasteiger partial charge is 0.460 e. The number of nitrogens with zero attached hydrogens (tertiary/aromatic N) is 2. The van der Waals surface area contributed by atoms with Gasteiger partial charge in [0, 0.05) is 30.4 Å². The molecule has 0 radical (unpaired) electrons. The van der Waals surface area contributed by atoms with Crippen molar-refractivity contribution in [1.29, 1.82) is 0 Å². The quantitative estimate of drug-likeness (QED) is 0.606. The van der Waals surface area contributed by atoms with Gasteiger partial charge in [-0.2, -0.15) is 4.31 Å². The smallest absolute Gasteiger partial charge is 0.312 e. The first-order valence-electron chi connectivity index (χ1n) is 10.4. The number of fused-ring (bicyclic) bond motifs is 1. The van der Waals surface area contributed by atoms with Crippen molar-refractivity contribution in [2.24, 2.45) is 0 Å². The van der Waals surface area contributed by atoms with Crippen LogP contribution in [0.15, 0.2) is 47.5 Å². The zero-order chi connectivity index (χ0) is 22.2. The third-order valence-electron chi connectivity index (χ3n) is 5.21. The minimum Gasteiger partial charge on any atom is -0.460 e. The van der Waals surface area contributed by atoms with Crippen LogP contribution in [0.25, 0.3) is 22.2 Å². The monoisotopic (exact) mass is 441 g/mol. The Morgan fingerprint density at radius 1 is 1.13 bits per heavy atom. The summed E-state index contributed by atoms with van der Waals surface area (Å²) in [5.74, 6) is -0.308. The maximum absolute atomic E-state index is 12.8. The predicted molar refractivity (Wildman–Crippen MR) is 119 cm³/mol. The summed E-state index contributed by atoms with van der Waals surface area (Å²) in [6.45, 7) is 6.67. The van der Waals surface area contributed by atoms with Crippen LogP contribution in [-0.2, 0) is 26.0 Å². The number of esters is 1. The molecule has 1 N–H and O–H groups in total. The Kier molecular flexibility index (Phi) is 5.61. The second kappa shape index (κ2) is 8.09. The van der Waals surface area contributed by atoms with Crippen LogP contribution in [0, 0.1) is 0 Å². The zero-order valence-corrected chi connectivity index (χ0v) is 18.8. The Morgan fingerprint density at radius 2 is 1.81 bits per heavy atom. The van der Waals surface area contributed by atoms with E-state index < -0.39 is 15.6 Å². The van der Waals surface area contributed by atoms with E-state index >= 15 is 0 Å². The van der Waals surface area contributed by atoms with Gasteiger partial charge in [0.15, 0.2) is 0 Å². The van der Waals surface area contributed by atoms with Gasteiger partial charge in [-0.15, -0.1) is 0 Å². The normalized spacial score (nSPS) is 15.5. The van der Waals surface area contributed by atoms with Crippen molar-refractivity contribution in [3.63, 3.8) is 0 Å². The summed E-state index contributed by atoms with van der Waals surface area (Å²) < 4.78 is 32.5. The minimum atomic E-state index is -3.44. The molecular weight excluding hydrogens is 414 g/mol. The highest BCUT2D eigenvalue weighted by molar-refractivity contribution is 7.89. The zero-order valence-electron chi connectivity index (χ0n) is 18.0. The van der Waals surface area contributed by atoms with Crippen LogP contribution < -0.4 is 0 Å². The summed E-state index contributed by atoms with van der Waals surface area (Å²) in [6.07, 6.45) is 3.64. The SMILES string of the molecule is CC(C)(C)OC(=O)Cc1cc2c(-c3ccc(S(=O)(=O)N4CCCC4)cc3)ccnc2[nH]1. The van der Waals surface area contributed by atoms with Crippen LogP contribution in [0.1, 0.15) is 39.3 Å². The molecule has 4 rings (SSSR count). The van der Waals surface area contributed by atoms with Crippen molar-refractivity contribution in [1.82, 2.24) is 14.3 Å². The Bertz CT molecular complexity index is 1200. The first-order valence-corrected chi connectivity index (χ1v) is 11.9. The van der Waals surface area contributed by atoms with Crippen LogP contribution in [0.3, 0.4) is 0 Å². The summed E-state index contributed by atoms with van der Waals surface area (Å²) in [4.78, 5) is 20.0. The number of hydrogen-bond donors (Lipinski definition) is 1. The Balaban J connectivity index is 1.61. The number of rotatable bonds is 5. The second-order valence-electron chi connectivity index (χ2n) is 8.81. The molecule has 3 heterocycles. The lowest BCUT2D eigenvalue weighted by molar-refractivity contribution is -0.153. The molecule has 1 saturated heterocycles. The summed E-state index contributed by atoms with van der Waals surface area (Å²) in [6, 6.07) is 10.7. The molecule has 0 unspecified atom stereocenters. The number of sulfonamides is 1. The van der Waals surface area contributed by atoms with Crippen LogP contribution in [0.2, 0.25) is 0 Å². The van der Waals surface area contributed by atoms with Crippen molar-refractivity contribution in [3.05, 3.63) is 48.3 Å². The molecule has 1 aliphatic rings. The Hall–Kier alpha value is -2.71. The number of carbonyl (C=O) groups is 1. The molecule has 0 atom stereocenters. The van der Waals surface area contributed by atoms with Gasteiger partial charge in [0.05, 0.1) is 11.3 Å². The molecular formula is C23H27N3O4S. The number of aromatic nitrogens is 2. The van der Waals surface area contributed by atoms with Crippen LogP contribution in [0.4, 0.5) is 0 Å². The number of nitrogens with one attached hydrogen (secondary N) is 1. The van der Waals surface area contributed by atoms with E-state index in [9.17, 15) is 13.2 Å². The van der Waals surface area contributed by atoms with Crippen molar-refractivity contribution < 1.29 is 17.9 Å². The number of H-pyrrole nitrogens is 1. The maximum Gasteiger partial charge on any atom is 0.312 e. The number of carbonyl (C=O) groups excluding carboxylic acids is 1. The molecule has 0 amide bonds. The summed E-state index contributed by atoms with van der Waals surface area (Å²) in [5.41, 5.74) is 2.66. The van der Waals surface area contributed by atoms with Gasteiger partial charge in [0.1, 0.15) is 11.2 Å². The minimum absolute atomic E-state index is 0.125. The molecule has 0 bridgehead atoms. The number of aromatic amines is 1. The molecule has 1 aromatic carbocycles. The molecule has 0 spiro atoms. The van der Waals surface area contributed by atoms with E-state index in [1.807, 2.05) is 45.0 Å². The van der Waals surface area contributed by atoms with E-state index in [0.717, 1.165) is 35.0 Å². The average molecular weight is 442 g/mol. The highest BCUT2D eigenvalue weighted by atomic mass is 32.2. The molecule has 0 aliphatic carbocycles. The van der Waals surface area contributed by atoms with E-state index in [0.29, 0.717) is 23.6 Å². The van der Waals surface area contributed by atoms with E-state index in [1.54, 1.807) is 22.6 Å². The van der Waals surface area contributed by atoms with Gasteiger partial charge in [-0.1, -0.05) is 12.1 Å². The number of benzene rings is 1. The van der Waals surface area contributed by atoms with Crippen molar-refractivity contribution in [3.8, 4) is 11.1 Å². The molecule has 0 saturated carbocycles. The van der Waals surface area contributed by atoms with E-state index in [4.69, 9.17) is 4.74 Å². The van der Waals surface area contributed by atoms with Crippen LogP contribution in [0.5, 0.6) is 0 Å². The lowest BCUT2D eigenvalue weighted by Crippen LogP contribution is -2.27. The molecule has 8 heteroatoms. The highest BCUT2D eigenvalue weighted by Gasteiger charge is 2.27. The molecule has 1 fully saturated rings. The highest BCUT2D eigenvalue weighted by Crippen LogP contribution is 2.30. The number of ether oxygens (including phenoxy) is 1. The number of hydrogen-bond acceptors (Lipinski definition) is 5. The Labute approximate surface area is 182 Å². The van der Waals surface area contributed by atoms with E-state index in [2.05, 4.69) is 9.97 Å². The van der Waals surface area contributed by atoms with Crippen molar-refractivity contribution >= 4 is 27.0 Å². The fourth-order valence-corrected chi connectivity index (χ4v) is 5.36. The standard InChI is InChI=1S/C23H27N3O4S/c1-23(2,3)30-21(27)15-17-14-20-19(10-11-24-22(20)25-17)16-6-8-18(9-7-16)31(28,29)26-12-4-5-13-26/h6-11,14H,4-5,12-13,15H2,1-3H3,(H,24,25). The van der Waals surface area contributed by atoms with Gasteiger partial charge in [-0.25, -0.2) is 13.4 Å². The lowest BCUT2D eigenvalue weighted by atomic mass is 10.0.